The Hall–Kier alpha value is -3.52. The molecule has 0 amide bonds. The lowest BCUT2D eigenvalue weighted by atomic mass is 10.2. The van der Waals surface area contributed by atoms with Gasteiger partial charge in [-0.25, -0.2) is 0 Å². The summed E-state index contributed by atoms with van der Waals surface area (Å²) in [5, 5.41) is 3.47. The Morgan fingerprint density at radius 2 is 0.803 bits per heavy atom. The SMILES string of the molecule is COCOc1ccc(Br)cc1.COCOc1ccc([Si](C)(C)Cl)cc1.COCOc1ccc([Si](C)(C)O)cc1.COCOc1ccc([Si](C)(C)OCc2ccc(C)cc2)cc1. The molecule has 0 aliphatic heterocycles. The number of halogens is 2. The van der Waals surface area contributed by atoms with Gasteiger partial charge in [0.2, 0.25) is 16.6 Å². The van der Waals surface area contributed by atoms with Crippen LogP contribution in [0.25, 0.3) is 0 Å². The number of aryl methyl sites for hydroxylation is 1. The maximum atomic E-state index is 9.83. The summed E-state index contributed by atoms with van der Waals surface area (Å²) >= 11 is 9.62. The third kappa shape index (κ3) is 22.4. The Morgan fingerprint density at radius 3 is 1.13 bits per heavy atom. The lowest BCUT2D eigenvalue weighted by molar-refractivity contribution is 0.0509. The summed E-state index contributed by atoms with van der Waals surface area (Å²) < 4.78 is 47.6. The van der Waals surface area contributed by atoms with Crippen molar-refractivity contribution in [1.82, 2.24) is 0 Å². The smallest absolute Gasteiger partial charge is 0.218 e. The average Bonchev–Trinajstić information content (AvgIpc) is 3.24. The van der Waals surface area contributed by atoms with Gasteiger partial charge in [-0.3, -0.25) is 0 Å². The highest BCUT2D eigenvalue weighted by molar-refractivity contribution is 9.10. The number of benzene rings is 5. The number of rotatable bonds is 18. The lowest BCUT2D eigenvalue weighted by Crippen LogP contribution is -2.44. The Bertz CT molecular complexity index is 1830. The van der Waals surface area contributed by atoms with E-state index in [1.54, 1.807) is 28.4 Å². The van der Waals surface area contributed by atoms with E-state index in [1.165, 1.54) is 21.5 Å². The molecule has 334 valence electrons. The summed E-state index contributed by atoms with van der Waals surface area (Å²) in [6, 6.07) is 39.6. The van der Waals surface area contributed by atoms with Gasteiger partial charge >= 0.3 is 0 Å². The normalized spacial score (nSPS) is 11.1. The van der Waals surface area contributed by atoms with Crippen molar-refractivity contribution >= 4 is 66.6 Å². The van der Waals surface area contributed by atoms with Crippen LogP contribution in [-0.4, -0.2) is 84.4 Å². The Kier molecular flexibility index (Phi) is 24.8. The van der Waals surface area contributed by atoms with Gasteiger partial charge in [0.25, 0.3) is 0 Å². The van der Waals surface area contributed by atoms with Crippen molar-refractivity contribution in [3.8, 4) is 23.0 Å². The molecule has 5 aromatic rings. The van der Waals surface area contributed by atoms with Crippen LogP contribution in [0.4, 0.5) is 0 Å². The Morgan fingerprint density at radius 1 is 0.475 bits per heavy atom. The fourth-order valence-corrected chi connectivity index (χ4v) is 9.18. The molecule has 0 radical (unpaired) electrons. The van der Waals surface area contributed by atoms with Gasteiger partial charge in [0.1, 0.15) is 23.0 Å². The van der Waals surface area contributed by atoms with Crippen LogP contribution in [0.5, 0.6) is 23.0 Å². The molecule has 61 heavy (non-hydrogen) atoms. The molecule has 0 saturated carbocycles. The highest BCUT2D eigenvalue weighted by Gasteiger charge is 2.25. The van der Waals surface area contributed by atoms with Crippen LogP contribution in [0, 0.1) is 6.92 Å². The van der Waals surface area contributed by atoms with Crippen LogP contribution in [0.2, 0.25) is 39.3 Å². The van der Waals surface area contributed by atoms with Crippen molar-refractivity contribution in [2.45, 2.75) is 52.8 Å². The third-order valence-electron chi connectivity index (χ3n) is 8.56. The predicted molar refractivity (Wildman–Crippen MR) is 259 cm³/mol. The first-order valence-electron chi connectivity index (χ1n) is 19.6. The predicted octanol–water partition coefficient (Wildman–Crippen LogP) is 9.43. The minimum atomic E-state index is -2.17. The number of ether oxygens (including phenoxy) is 8. The summed E-state index contributed by atoms with van der Waals surface area (Å²) in [6.07, 6.45) is 0. The van der Waals surface area contributed by atoms with Crippen molar-refractivity contribution in [3.63, 3.8) is 0 Å². The molecule has 5 aromatic carbocycles. The van der Waals surface area contributed by atoms with Gasteiger partial charge in [-0.15, -0.1) is 0 Å². The minimum absolute atomic E-state index is 0.249. The van der Waals surface area contributed by atoms with Crippen LogP contribution in [0.3, 0.4) is 0 Å². The maximum absolute atomic E-state index is 9.83. The van der Waals surface area contributed by atoms with Gasteiger partial charge in [-0.05, 0) is 115 Å². The molecule has 0 aliphatic rings. The molecule has 15 heteroatoms. The van der Waals surface area contributed by atoms with Gasteiger partial charge in [0, 0.05) is 32.9 Å². The fourth-order valence-electron chi connectivity index (χ4n) is 4.93. The largest absolute Gasteiger partial charge is 0.468 e. The Labute approximate surface area is 380 Å². The van der Waals surface area contributed by atoms with Crippen LogP contribution >= 0.6 is 27.0 Å². The second-order valence-electron chi connectivity index (χ2n) is 15.0. The van der Waals surface area contributed by atoms with Gasteiger partial charge < -0.3 is 47.1 Å². The van der Waals surface area contributed by atoms with Gasteiger partial charge in [-0.1, -0.05) is 95.3 Å². The molecule has 0 fully saturated rings. The molecule has 0 saturated heterocycles. The second-order valence-corrected chi connectivity index (χ2v) is 29.9. The zero-order valence-corrected chi connectivity index (χ0v) is 42.8. The van der Waals surface area contributed by atoms with Crippen LogP contribution in [0.1, 0.15) is 11.1 Å². The highest BCUT2D eigenvalue weighted by Crippen LogP contribution is 2.17. The quantitative estimate of drug-likeness (QED) is 0.0519. The molecule has 0 unspecified atom stereocenters. The van der Waals surface area contributed by atoms with Crippen LogP contribution < -0.4 is 34.5 Å². The summed E-state index contributed by atoms with van der Waals surface area (Å²) in [5.74, 6) is 3.20. The van der Waals surface area contributed by atoms with Gasteiger partial charge in [-0.2, -0.15) is 11.1 Å². The van der Waals surface area contributed by atoms with Crippen molar-refractivity contribution < 1.29 is 47.1 Å². The first kappa shape index (κ1) is 53.6. The van der Waals surface area contributed by atoms with Crippen molar-refractivity contribution in [3.05, 3.63) is 137 Å². The average molecular weight is 977 g/mol. The number of methoxy groups -OCH3 is 4. The summed E-state index contributed by atoms with van der Waals surface area (Å²) in [6.45, 7) is 16.2. The van der Waals surface area contributed by atoms with E-state index in [1.807, 2.05) is 98.0 Å². The summed E-state index contributed by atoms with van der Waals surface area (Å²) in [7, 11) is 0.599. The monoisotopic (exact) mass is 974 g/mol. The van der Waals surface area contributed by atoms with E-state index < -0.39 is 24.0 Å². The maximum Gasteiger partial charge on any atom is 0.218 e. The first-order valence-corrected chi connectivity index (χ1v) is 30.2. The summed E-state index contributed by atoms with van der Waals surface area (Å²) in [5.41, 5.74) is 2.48. The van der Waals surface area contributed by atoms with Gasteiger partial charge in [0.15, 0.2) is 34.6 Å². The van der Waals surface area contributed by atoms with Gasteiger partial charge in [0.05, 0.1) is 6.61 Å². The molecule has 0 aromatic heterocycles. The molecule has 0 aliphatic carbocycles. The highest BCUT2D eigenvalue weighted by atomic mass is 79.9. The summed E-state index contributed by atoms with van der Waals surface area (Å²) in [4.78, 5) is 9.83. The van der Waals surface area contributed by atoms with E-state index in [0.717, 1.165) is 32.7 Å². The zero-order valence-electron chi connectivity index (χ0n) is 37.5. The minimum Gasteiger partial charge on any atom is -0.468 e. The van der Waals surface area contributed by atoms with E-state index in [2.05, 4.69) is 85.4 Å². The Balaban J connectivity index is 0.000000290. The fraction of sp³-hybridized carbons (Fsp3) is 0.348. The van der Waals surface area contributed by atoms with E-state index in [0.29, 0.717) is 13.4 Å². The number of hydrogen-bond donors (Lipinski definition) is 1. The molecular formula is C46H64BrClO10Si3. The number of hydrogen-bond acceptors (Lipinski definition) is 10. The molecule has 5 rings (SSSR count). The molecule has 0 spiro atoms. The van der Waals surface area contributed by atoms with Crippen molar-refractivity contribution in [2.24, 2.45) is 0 Å². The molecule has 0 heterocycles. The van der Waals surface area contributed by atoms with Crippen LogP contribution in [-0.2, 0) is 30.0 Å². The topological polar surface area (TPSA) is 103 Å². The molecule has 1 N–H and O–H groups in total. The molecule has 0 atom stereocenters. The molecular weight excluding hydrogens is 912 g/mol. The van der Waals surface area contributed by atoms with E-state index >= 15 is 0 Å². The lowest BCUT2D eigenvalue weighted by Gasteiger charge is -2.23. The van der Waals surface area contributed by atoms with E-state index in [9.17, 15) is 4.80 Å². The first-order chi connectivity index (χ1) is 28.9. The zero-order chi connectivity index (χ0) is 45.3. The van der Waals surface area contributed by atoms with Crippen LogP contribution in [0.15, 0.2) is 126 Å². The van der Waals surface area contributed by atoms with Crippen molar-refractivity contribution in [2.75, 3.05) is 55.6 Å². The second kappa shape index (κ2) is 28.2. The third-order valence-corrected chi connectivity index (χ3v) is 15.8. The molecule has 0 bridgehead atoms. The van der Waals surface area contributed by atoms with E-state index in [4.69, 9.17) is 53.4 Å². The van der Waals surface area contributed by atoms with E-state index in [-0.39, 0.29) is 20.4 Å². The molecule has 10 nitrogen and oxygen atoms in total. The van der Waals surface area contributed by atoms with Crippen molar-refractivity contribution in [1.29, 1.82) is 0 Å². The standard InChI is InChI=1S/C18H24O3Si.C10H15ClO2Si.C10H16O3Si.C8H9BrO2/c1-15-5-7-16(8-6-15)13-21-22(3,4)18-11-9-17(10-12-18)20-14-19-2;2*1-12-8-13-9-4-6-10(7-5-9)14(2,3)11;1-10-6-11-8-4-2-7(9)3-5-8/h5-12H,13-14H2,1-4H3;4-7H,8H2,1-3H3;4-7,11H,8H2,1-3H3;2-5H,6H2,1H3.